The second-order valence-corrected chi connectivity index (χ2v) is 5.10. The van der Waals surface area contributed by atoms with E-state index in [1.54, 1.807) is 0 Å². The summed E-state index contributed by atoms with van der Waals surface area (Å²) in [5.74, 6) is 0.903. The third-order valence-corrected chi connectivity index (χ3v) is 3.39. The van der Waals surface area contributed by atoms with E-state index in [-0.39, 0.29) is 18.4 Å². The molecule has 90 valence electrons. The summed E-state index contributed by atoms with van der Waals surface area (Å²) in [7, 11) is 0. The van der Waals surface area contributed by atoms with Crippen LogP contribution in [0.25, 0.3) is 0 Å². The zero-order valence-electron chi connectivity index (χ0n) is 10.4. The molecular formula is C14H22ClN. The molecule has 0 aliphatic heterocycles. The van der Waals surface area contributed by atoms with Gasteiger partial charge in [-0.1, -0.05) is 30.5 Å². The topological polar surface area (TPSA) is 26.0 Å². The van der Waals surface area contributed by atoms with Gasteiger partial charge in [0.2, 0.25) is 0 Å². The van der Waals surface area contributed by atoms with E-state index in [1.165, 1.54) is 41.5 Å². The van der Waals surface area contributed by atoms with Crippen LogP contribution in [0.15, 0.2) is 12.1 Å². The van der Waals surface area contributed by atoms with Gasteiger partial charge in [-0.3, -0.25) is 0 Å². The summed E-state index contributed by atoms with van der Waals surface area (Å²) in [6.07, 6.45) is 3.94. The minimum Gasteiger partial charge on any atom is -0.324 e. The van der Waals surface area contributed by atoms with Crippen LogP contribution in [0, 0.1) is 26.7 Å². The van der Waals surface area contributed by atoms with Crippen molar-refractivity contribution in [3.8, 4) is 0 Å². The highest BCUT2D eigenvalue weighted by molar-refractivity contribution is 5.85. The van der Waals surface area contributed by atoms with Crippen LogP contribution in [0.4, 0.5) is 0 Å². The Morgan fingerprint density at radius 1 is 1.19 bits per heavy atom. The van der Waals surface area contributed by atoms with Crippen molar-refractivity contribution in [2.75, 3.05) is 0 Å². The molecule has 2 rings (SSSR count). The minimum atomic E-state index is 0. The molecule has 16 heavy (non-hydrogen) atoms. The zero-order valence-corrected chi connectivity index (χ0v) is 11.2. The SMILES string of the molecule is Cc1cc(C)c([C@H](N)CC2CC2)c(C)c1.Cl. The number of aryl methyl sites for hydroxylation is 3. The van der Waals surface area contributed by atoms with Gasteiger partial charge in [-0.15, -0.1) is 12.4 Å². The average molecular weight is 240 g/mol. The van der Waals surface area contributed by atoms with Crippen LogP contribution in [0.3, 0.4) is 0 Å². The van der Waals surface area contributed by atoms with Crippen molar-refractivity contribution in [2.24, 2.45) is 11.7 Å². The number of hydrogen-bond donors (Lipinski definition) is 1. The zero-order chi connectivity index (χ0) is 11.0. The second-order valence-electron chi connectivity index (χ2n) is 5.10. The van der Waals surface area contributed by atoms with Crippen molar-refractivity contribution in [2.45, 2.75) is 46.1 Å². The highest BCUT2D eigenvalue weighted by Gasteiger charge is 2.25. The molecule has 1 saturated carbocycles. The molecule has 0 unspecified atom stereocenters. The van der Waals surface area contributed by atoms with E-state index in [1.807, 2.05) is 0 Å². The van der Waals surface area contributed by atoms with Crippen molar-refractivity contribution in [3.05, 3.63) is 34.4 Å². The molecule has 0 saturated heterocycles. The number of nitrogens with two attached hydrogens (primary N) is 1. The predicted octanol–water partition coefficient (Wildman–Crippen LogP) is 3.83. The number of halogens is 1. The van der Waals surface area contributed by atoms with Crippen LogP contribution in [0.1, 0.15) is 47.6 Å². The van der Waals surface area contributed by atoms with Gasteiger partial charge in [0.05, 0.1) is 0 Å². The molecular weight excluding hydrogens is 218 g/mol. The van der Waals surface area contributed by atoms with Gasteiger partial charge in [-0.25, -0.2) is 0 Å². The Kier molecular flexibility index (Phi) is 4.40. The van der Waals surface area contributed by atoms with Crippen LogP contribution in [0.5, 0.6) is 0 Å². The molecule has 1 nitrogen and oxygen atoms in total. The Balaban J connectivity index is 0.00000128. The first-order valence-corrected chi connectivity index (χ1v) is 5.91. The summed E-state index contributed by atoms with van der Waals surface area (Å²) in [6, 6.07) is 4.74. The molecule has 1 aromatic carbocycles. The van der Waals surface area contributed by atoms with Gasteiger partial charge in [-0.2, -0.15) is 0 Å². The van der Waals surface area contributed by atoms with Crippen LogP contribution in [-0.2, 0) is 0 Å². The van der Waals surface area contributed by atoms with Gasteiger partial charge in [0.15, 0.2) is 0 Å². The average Bonchev–Trinajstić information content (AvgIpc) is 2.85. The van der Waals surface area contributed by atoms with Crippen molar-refractivity contribution < 1.29 is 0 Å². The van der Waals surface area contributed by atoms with Gasteiger partial charge in [0.1, 0.15) is 0 Å². The summed E-state index contributed by atoms with van der Waals surface area (Å²) in [6.45, 7) is 6.51. The molecule has 1 aromatic rings. The Hall–Kier alpha value is -0.530. The van der Waals surface area contributed by atoms with Gasteiger partial charge in [0.25, 0.3) is 0 Å². The molecule has 1 aliphatic rings. The van der Waals surface area contributed by atoms with E-state index in [0.717, 1.165) is 5.92 Å². The molecule has 1 atom stereocenters. The summed E-state index contributed by atoms with van der Waals surface area (Å²) < 4.78 is 0. The first kappa shape index (κ1) is 13.5. The molecule has 2 heteroatoms. The maximum atomic E-state index is 6.29. The van der Waals surface area contributed by atoms with Crippen LogP contribution in [-0.4, -0.2) is 0 Å². The molecule has 2 N–H and O–H groups in total. The molecule has 0 heterocycles. The summed E-state index contributed by atoms with van der Waals surface area (Å²) in [5.41, 5.74) is 11.7. The monoisotopic (exact) mass is 239 g/mol. The smallest absolute Gasteiger partial charge is 0.0302 e. The number of hydrogen-bond acceptors (Lipinski definition) is 1. The molecule has 1 aliphatic carbocycles. The predicted molar refractivity (Wildman–Crippen MR) is 72.2 cm³/mol. The largest absolute Gasteiger partial charge is 0.324 e. The van der Waals surface area contributed by atoms with Crippen molar-refractivity contribution in [1.82, 2.24) is 0 Å². The standard InChI is InChI=1S/C14H21N.ClH/c1-9-6-10(2)14(11(3)7-9)13(15)8-12-4-5-12;/h6-7,12-13H,4-5,8,15H2,1-3H3;1H/t13-;/m1./s1. The van der Waals surface area contributed by atoms with Crippen LogP contribution >= 0.6 is 12.4 Å². The molecule has 0 bridgehead atoms. The highest BCUT2D eigenvalue weighted by Crippen LogP contribution is 2.38. The normalized spacial score (nSPS) is 16.8. The number of rotatable bonds is 3. The molecule has 0 spiro atoms. The lowest BCUT2D eigenvalue weighted by Gasteiger charge is -2.18. The molecule has 0 aromatic heterocycles. The third-order valence-electron chi connectivity index (χ3n) is 3.39. The lowest BCUT2D eigenvalue weighted by Crippen LogP contribution is -2.14. The third kappa shape index (κ3) is 2.99. The maximum Gasteiger partial charge on any atom is 0.0302 e. The van der Waals surface area contributed by atoms with Gasteiger partial charge in [-0.05, 0) is 49.8 Å². The second kappa shape index (κ2) is 5.20. The fourth-order valence-electron chi connectivity index (χ4n) is 2.61. The van der Waals surface area contributed by atoms with Crippen molar-refractivity contribution >= 4 is 12.4 Å². The minimum absolute atomic E-state index is 0. The number of benzene rings is 1. The first-order chi connectivity index (χ1) is 7.08. The van der Waals surface area contributed by atoms with Gasteiger partial charge in [0, 0.05) is 6.04 Å². The van der Waals surface area contributed by atoms with Crippen molar-refractivity contribution in [1.29, 1.82) is 0 Å². The van der Waals surface area contributed by atoms with Crippen LogP contribution in [0.2, 0.25) is 0 Å². The maximum absolute atomic E-state index is 6.29. The summed E-state index contributed by atoms with van der Waals surface area (Å²) in [5, 5.41) is 0. The Morgan fingerprint density at radius 3 is 2.12 bits per heavy atom. The van der Waals surface area contributed by atoms with E-state index in [0.29, 0.717) is 0 Å². The summed E-state index contributed by atoms with van der Waals surface area (Å²) in [4.78, 5) is 0. The van der Waals surface area contributed by atoms with E-state index in [2.05, 4.69) is 32.9 Å². The Morgan fingerprint density at radius 2 is 1.69 bits per heavy atom. The van der Waals surface area contributed by atoms with Gasteiger partial charge < -0.3 is 5.73 Å². The van der Waals surface area contributed by atoms with E-state index < -0.39 is 0 Å². The van der Waals surface area contributed by atoms with Crippen LogP contribution < -0.4 is 5.73 Å². The first-order valence-electron chi connectivity index (χ1n) is 5.91. The molecule has 1 fully saturated rings. The lowest BCUT2D eigenvalue weighted by atomic mass is 9.92. The van der Waals surface area contributed by atoms with E-state index in [4.69, 9.17) is 5.73 Å². The Labute approximate surface area is 105 Å². The quantitative estimate of drug-likeness (QED) is 0.853. The summed E-state index contributed by atoms with van der Waals surface area (Å²) >= 11 is 0. The van der Waals surface area contributed by atoms with Crippen molar-refractivity contribution in [3.63, 3.8) is 0 Å². The fraction of sp³-hybridized carbons (Fsp3) is 0.571. The molecule has 0 radical (unpaired) electrons. The lowest BCUT2D eigenvalue weighted by molar-refractivity contribution is 0.591. The van der Waals surface area contributed by atoms with E-state index >= 15 is 0 Å². The highest BCUT2D eigenvalue weighted by atomic mass is 35.5. The van der Waals surface area contributed by atoms with Gasteiger partial charge >= 0.3 is 0 Å². The van der Waals surface area contributed by atoms with E-state index in [9.17, 15) is 0 Å². The molecule has 0 amide bonds. The fourth-order valence-corrected chi connectivity index (χ4v) is 2.61. The Bertz CT molecular complexity index is 346.